The monoisotopic (exact) mass is 302 g/mol. The van der Waals surface area contributed by atoms with Crippen LogP contribution in [0.2, 0.25) is 0 Å². The molecule has 3 nitrogen and oxygen atoms in total. The number of thiophene rings is 1. The molecule has 104 valence electrons. The molecule has 0 aliphatic carbocycles. The first-order chi connectivity index (χ1) is 10.8. The van der Waals surface area contributed by atoms with E-state index >= 15 is 0 Å². The number of H-pyrrole nitrogens is 1. The number of hydrogen-bond acceptors (Lipinski definition) is 3. The Kier molecular flexibility index (Phi) is 2.81. The van der Waals surface area contributed by atoms with E-state index in [1.165, 1.54) is 0 Å². The Hall–Kier alpha value is -2.90. The molecule has 4 aromatic rings. The van der Waals surface area contributed by atoms with Crippen molar-refractivity contribution < 1.29 is 0 Å². The SMILES string of the molecule is N#Cc1cc2cc[nH]c(=O)c2c2cc(-c3cccs3)ccc12. The quantitative estimate of drug-likeness (QED) is 0.533. The first-order valence-corrected chi connectivity index (χ1v) is 7.68. The van der Waals surface area contributed by atoms with Crippen molar-refractivity contribution in [3.63, 3.8) is 0 Å². The topological polar surface area (TPSA) is 56.6 Å². The van der Waals surface area contributed by atoms with Gasteiger partial charge in [-0.1, -0.05) is 18.2 Å². The molecule has 0 fully saturated rings. The number of fused-ring (bicyclic) bond motifs is 3. The van der Waals surface area contributed by atoms with E-state index in [4.69, 9.17) is 0 Å². The van der Waals surface area contributed by atoms with E-state index in [0.717, 1.165) is 26.6 Å². The molecule has 0 saturated carbocycles. The van der Waals surface area contributed by atoms with Gasteiger partial charge in [-0.15, -0.1) is 11.3 Å². The smallest absolute Gasteiger partial charge is 0.256 e. The van der Waals surface area contributed by atoms with Crippen LogP contribution < -0.4 is 5.56 Å². The van der Waals surface area contributed by atoms with Gasteiger partial charge in [0.05, 0.1) is 17.0 Å². The van der Waals surface area contributed by atoms with Gasteiger partial charge < -0.3 is 4.98 Å². The van der Waals surface area contributed by atoms with Crippen molar-refractivity contribution >= 4 is 32.9 Å². The number of nitrogens with zero attached hydrogens (tertiary/aromatic N) is 1. The summed E-state index contributed by atoms with van der Waals surface area (Å²) in [6.07, 6.45) is 1.61. The Balaban J connectivity index is 2.20. The van der Waals surface area contributed by atoms with Crippen LogP contribution in [0.4, 0.5) is 0 Å². The summed E-state index contributed by atoms with van der Waals surface area (Å²) in [5.41, 5.74) is 1.52. The number of hydrogen-bond donors (Lipinski definition) is 1. The van der Waals surface area contributed by atoms with Crippen molar-refractivity contribution in [3.8, 4) is 16.5 Å². The van der Waals surface area contributed by atoms with Crippen LogP contribution in [0.15, 0.2) is 58.8 Å². The molecular weight excluding hydrogens is 292 g/mol. The van der Waals surface area contributed by atoms with E-state index in [1.54, 1.807) is 23.6 Å². The third-order valence-corrected chi connectivity index (χ3v) is 4.72. The molecule has 0 spiro atoms. The van der Waals surface area contributed by atoms with Crippen molar-refractivity contribution in [2.45, 2.75) is 0 Å². The first-order valence-electron chi connectivity index (χ1n) is 6.80. The summed E-state index contributed by atoms with van der Waals surface area (Å²) in [7, 11) is 0. The summed E-state index contributed by atoms with van der Waals surface area (Å²) in [4.78, 5) is 16.1. The number of aromatic amines is 1. The Morgan fingerprint density at radius 3 is 2.77 bits per heavy atom. The van der Waals surface area contributed by atoms with Gasteiger partial charge in [0, 0.05) is 16.5 Å². The van der Waals surface area contributed by atoms with Gasteiger partial charge >= 0.3 is 0 Å². The summed E-state index contributed by atoms with van der Waals surface area (Å²) in [5.74, 6) is 0. The second kappa shape index (κ2) is 4.83. The Labute approximate surface area is 130 Å². The van der Waals surface area contributed by atoms with Crippen LogP contribution in [0.25, 0.3) is 32.0 Å². The summed E-state index contributed by atoms with van der Waals surface area (Å²) >= 11 is 1.65. The lowest BCUT2D eigenvalue weighted by Crippen LogP contribution is -2.05. The van der Waals surface area contributed by atoms with Crippen molar-refractivity contribution in [3.05, 3.63) is 70.0 Å². The van der Waals surface area contributed by atoms with E-state index in [1.807, 2.05) is 41.8 Å². The third-order valence-electron chi connectivity index (χ3n) is 3.80. The molecule has 4 heteroatoms. The number of pyridine rings is 1. The highest BCUT2D eigenvalue weighted by Crippen LogP contribution is 2.32. The summed E-state index contributed by atoms with van der Waals surface area (Å²) < 4.78 is 0. The van der Waals surface area contributed by atoms with E-state index in [-0.39, 0.29) is 5.56 Å². The zero-order valence-electron chi connectivity index (χ0n) is 11.5. The standard InChI is InChI=1S/C18H10N2OS/c19-10-13-8-12-5-6-20-18(21)17(12)15-9-11(3-4-14(13)15)16-2-1-7-22-16/h1-9H,(H,20,21). The minimum absolute atomic E-state index is 0.129. The average Bonchev–Trinajstić information content (AvgIpc) is 3.08. The molecule has 0 aliphatic rings. The van der Waals surface area contributed by atoms with Crippen LogP contribution in [0.3, 0.4) is 0 Å². The number of rotatable bonds is 1. The van der Waals surface area contributed by atoms with E-state index in [0.29, 0.717) is 10.9 Å². The van der Waals surface area contributed by atoms with Crippen molar-refractivity contribution in [1.82, 2.24) is 4.98 Å². The van der Waals surface area contributed by atoms with Crippen LogP contribution in [-0.4, -0.2) is 4.98 Å². The average molecular weight is 302 g/mol. The van der Waals surface area contributed by atoms with Crippen LogP contribution in [-0.2, 0) is 0 Å². The molecule has 1 N–H and O–H groups in total. The maximum atomic E-state index is 12.3. The largest absolute Gasteiger partial charge is 0.329 e. The molecule has 22 heavy (non-hydrogen) atoms. The predicted molar refractivity (Wildman–Crippen MR) is 90.1 cm³/mol. The fourth-order valence-corrected chi connectivity index (χ4v) is 3.52. The lowest BCUT2D eigenvalue weighted by molar-refractivity contribution is 1.28. The highest BCUT2D eigenvalue weighted by molar-refractivity contribution is 7.13. The molecular formula is C18H10N2OS. The number of benzene rings is 2. The normalized spacial score (nSPS) is 10.9. The minimum Gasteiger partial charge on any atom is -0.329 e. The molecule has 2 aromatic heterocycles. The van der Waals surface area contributed by atoms with Gasteiger partial charge in [0.15, 0.2) is 0 Å². The highest BCUT2D eigenvalue weighted by Gasteiger charge is 2.10. The molecule has 0 amide bonds. The van der Waals surface area contributed by atoms with Gasteiger partial charge in [-0.2, -0.15) is 5.26 Å². The van der Waals surface area contributed by atoms with Gasteiger partial charge in [-0.3, -0.25) is 4.79 Å². The van der Waals surface area contributed by atoms with Crippen LogP contribution >= 0.6 is 11.3 Å². The maximum absolute atomic E-state index is 12.3. The van der Waals surface area contributed by atoms with Crippen molar-refractivity contribution in [2.24, 2.45) is 0 Å². The van der Waals surface area contributed by atoms with Crippen LogP contribution in [0, 0.1) is 11.3 Å². The lowest BCUT2D eigenvalue weighted by atomic mass is 9.97. The minimum atomic E-state index is -0.129. The summed E-state index contributed by atoms with van der Waals surface area (Å²) in [6.45, 7) is 0. The number of nitriles is 1. The van der Waals surface area contributed by atoms with Gasteiger partial charge in [-0.05, 0) is 46.0 Å². The van der Waals surface area contributed by atoms with Gasteiger partial charge in [-0.25, -0.2) is 0 Å². The summed E-state index contributed by atoms with van der Waals surface area (Å²) in [5, 5.41) is 14.5. The van der Waals surface area contributed by atoms with Crippen LogP contribution in [0.1, 0.15) is 5.56 Å². The number of aromatic nitrogens is 1. The molecule has 4 rings (SSSR count). The predicted octanol–water partition coefficient (Wildman–Crippen LogP) is 4.28. The Morgan fingerprint density at radius 1 is 1.09 bits per heavy atom. The fraction of sp³-hybridized carbons (Fsp3) is 0. The number of nitrogens with one attached hydrogen (secondary N) is 1. The molecule has 0 atom stereocenters. The molecule has 0 bridgehead atoms. The van der Waals surface area contributed by atoms with Gasteiger partial charge in [0.25, 0.3) is 5.56 Å². The molecule has 0 aliphatic heterocycles. The van der Waals surface area contributed by atoms with Crippen LogP contribution in [0.5, 0.6) is 0 Å². The zero-order valence-corrected chi connectivity index (χ0v) is 12.3. The molecule has 0 saturated heterocycles. The second-order valence-corrected chi connectivity index (χ2v) is 5.99. The van der Waals surface area contributed by atoms with Gasteiger partial charge in [0.2, 0.25) is 0 Å². The van der Waals surface area contributed by atoms with E-state index < -0.39 is 0 Å². The molecule has 0 radical (unpaired) electrons. The van der Waals surface area contributed by atoms with Gasteiger partial charge in [0.1, 0.15) is 0 Å². The molecule has 2 aromatic carbocycles. The highest BCUT2D eigenvalue weighted by atomic mass is 32.1. The fourth-order valence-electron chi connectivity index (χ4n) is 2.80. The molecule has 0 unspecified atom stereocenters. The second-order valence-electron chi connectivity index (χ2n) is 5.04. The maximum Gasteiger partial charge on any atom is 0.256 e. The third kappa shape index (κ3) is 1.84. The summed E-state index contributed by atoms with van der Waals surface area (Å²) in [6, 6.07) is 15.8. The Bertz CT molecular complexity index is 1100. The van der Waals surface area contributed by atoms with E-state index in [9.17, 15) is 10.1 Å². The van der Waals surface area contributed by atoms with E-state index in [2.05, 4.69) is 11.1 Å². The first kappa shape index (κ1) is 12.8. The lowest BCUT2D eigenvalue weighted by Gasteiger charge is -2.07. The zero-order chi connectivity index (χ0) is 15.1. The Morgan fingerprint density at radius 2 is 2.00 bits per heavy atom. The molecule has 2 heterocycles. The van der Waals surface area contributed by atoms with Crippen molar-refractivity contribution in [1.29, 1.82) is 5.26 Å². The van der Waals surface area contributed by atoms with Crippen molar-refractivity contribution in [2.75, 3.05) is 0 Å².